The Kier molecular flexibility index (Phi) is 5.94. The number of fused-ring (bicyclic) bond motifs is 3. The number of aliphatic hydroxyl groups excluding tert-OH is 2. The summed E-state index contributed by atoms with van der Waals surface area (Å²) in [6.45, 7) is 0.653. The van der Waals surface area contributed by atoms with Crippen LogP contribution in [0.15, 0.2) is 39.0 Å². The van der Waals surface area contributed by atoms with Crippen molar-refractivity contribution < 1.29 is 10.2 Å². The van der Waals surface area contributed by atoms with Crippen LogP contribution in [0.25, 0.3) is 11.2 Å². The van der Waals surface area contributed by atoms with E-state index < -0.39 is 11.2 Å². The molecule has 0 aliphatic carbocycles. The fourth-order valence-electron chi connectivity index (χ4n) is 3.67. The third kappa shape index (κ3) is 3.78. The molecule has 3 heterocycles. The number of nitrogens with zero attached hydrogens (tertiary/aromatic N) is 6. The van der Waals surface area contributed by atoms with E-state index in [1.165, 1.54) is 4.57 Å². The molecule has 1 aliphatic rings. The van der Waals surface area contributed by atoms with Gasteiger partial charge in [-0.15, -0.1) is 0 Å². The second-order valence-corrected chi connectivity index (χ2v) is 7.74. The molecule has 1 aromatic carbocycles. The van der Waals surface area contributed by atoms with Crippen LogP contribution in [0.3, 0.4) is 0 Å². The van der Waals surface area contributed by atoms with Gasteiger partial charge in [0.25, 0.3) is 5.56 Å². The van der Waals surface area contributed by atoms with Gasteiger partial charge in [0.15, 0.2) is 11.2 Å². The molecule has 0 saturated heterocycles. The van der Waals surface area contributed by atoms with Gasteiger partial charge in [0.2, 0.25) is 5.95 Å². The highest BCUT2D eigenvalue weighted by molar-refractivity contribution is 6.30. The van der Waals surface area contributed by atoms with Gasteiger partial charge in [-0.2, -0.15) is 10.1 Å². The predicted molar refractivity (Wildman–Crippen MR) is 118 cm³/mol. The highest BCUT2D eigenvalue weighted by atomic mass is 35.5. The number of imidazole rings is 1. The Hall–Kier alpha value is -2.95. The molecular formula is C20H23ClN6O4. The van der Waals surface area contributed by atoms with E-state index in [0.717, 1.165) is 10.1 Å². The lowest BCUT2D eigenvalue weighted by Crippen LogP contribution is -2.40. The minimum absolute atomic E-state index is 0.0189. The Morgan fingerprint density at radius 2 is 1.74 bits per heavy atom. The summed E-state index contributed by atoms with van der Waals surface area (Å²) in [5.74, 6) is 0.438. The van der Waals surface area contributed by atoms with Gasteiger partial charge in [-0.1, -0.05) is 23.7 Å². The minimum Gasteiger partial charge on any atom is -0.396 e. The Morgan fingerprint density at radius 1 is 1.06 bits per heavy atom. The summed E-state index contributed by atoms with van der Waals surface area (Å²) in [5, 5.41) is 25.4. The fourth-order valence-corrected chi connectivity index (χ4v) is 3.79. The average Bonchev–Trinajstić information content (AvgIpc) is 3.16. The maximum Gasteiger partial charge on any atom is 0.332 e. The van der Waals surface area contributed by atoms with Crippen LogP contribution < -0.4 is 16.3 Å². The topological polar surface area (TPSA) is 118 Å². The van der Waals surface area contributed by atoms with E-state index in [9.17, 15) is 14.7 Å². The first kappa shape index (κ1) is 21.3. The normalized spacial score (nSPS) is 13.5. The number of aromatic nitrogens is 4. The van der Waals surface area contributed by atoms with Crippen LogP contribution in [-0.2, 0) is 20.1 Å². The Morgan fingerprint density at radius 3 is 2.42 bits per heavy atom. The first-order valence-electron chi connectivity index (χ1n) is 9.99. The van der Waals surface area contributed by atoms with Crippen LogP contribution >= 0.6 is 11.6 Å². The molecule has 31 heavy (non-hydrogen) atoms. The van der Waals surface area contributed by atoms with Crippen molar-refractivity contribution in [2.75, 3.05) is 24.8 Å². The third-order valence-electron chi connectivity index (χ3n) is 5.24. The summed E-state index contributed by atoms with van der Waals surface area (Å²) < 4.78 is 4.21. The second-order valence-electron chi connectivity index (χ2n) is 7.30. The summed E-state index contributed by atoms with van der Waals surface area (Å²) in [6, 6.07) is 7.24. The summed E-state index contributed by atoms with van der Waals surface area (Å²) in [5.41, 5.74) is 1.18. The third-order valence-corrected chi connectivity index (χ3v) is 5.49. The van der Waals surface area contributed by atoms with Crippen LogP contribution in [0.1, 0.15) is 18.4 Å². The number of hydrazone groups is 1. The Bertz CT molecular complexity index is 1260. The summed E-state index contributed by atoms with van der Waals surface area (Å²) in [4.78, 5) is 30.5. The number of benzene rings is 1. The molecular weight excluding hydrogens is 424 g/mol. The quantitative estimate of drug-likeness (QED) is 0.547. The molecule has 1 aliphatic heterocycles. The molecule has 164 valence electrons. The summed E-state index contributed by atoms with van der Waals surface area (Å²) in [7, 11) is 1.57. The van der Waals surface area contributed by atoms with E-state index in [-0.39, 0.29) is 32.0 Å². The molecule has 3 aromatic rings. The summed E-state index contributed by atoms with van der Waals surface area (Å²) in [6.07, 6.45) is 0.752. The lowest BCUT2D eigenvalue weighted by Gasteiger charge is -2.26. The van der Waals surface area contributed by atoms with Crippen molar-refractivity contribution in [2.24, 2.45) is 12.1 Å². The highest BCUT2D eigenvalue weighted by Crippen LogP contribution is 2.26. The van der Waals surface area contributed by atoms with Crippen LogP contribution in [0.4, 0.5) is 5.95 Å². The fraction of sp³-hybridized carbons (Fsp3) is 0.400. The monoisotopic (exact) mass is 446 g/mol. The lowest BCUT2D eigenvalue weighted by atomic mass is 10.1. The zero-order valence-electron chi connectivity index (χ0n) is 17.0. The zero-order valence-corrected chi connectivity index (χ0v) is 17.8. The second kappa shape index (κ2) is 8.66. The number of hydrogen-bond donors (Lipinski definition) is 2. The van der Waals surface area contributed by atoms with Gasteiger partial charge in [-0.05, 0) is 30.5 Å². The van der Waals surface area contributed by atoms with Crippen molar-refractivity contribution in [3.05, 3.63) is 55.7 Å². The van der Waals surface area contributed by atoms with Crippen molar-refractivity contribution in [3.63, 3.8) is 0 Å². The zero-order chi connectivity index (χ0) is 22.1. The predicted octanol–water partition coefficient (Wildman–Crippen LogP) is 0.539. The molecule has 0 fully saturated rings. The van der Waals surface area contributed by atoms with E-state index in [4.69, 9.17) is 21.8 Å². The van der Waals surface area contributed by atoms with Crippen molar-refractivity contribution in [1.29, 1.82) is 0 Å². The van der Waals surface area contributed by atoms with Gasteiger partial charge in [-0.3, -0.25) is 18.5 Å². The van der Waals surface area contributed by atoms with Gasteiger partial charge in [0.1, 0.15) is 0 Å². The molecule has 4 rings (SSSR count). The van der Waals surface area contributed by atoms with Crippen LogP contribution in [0, 0.1) is 0 Å². The maximum atomic E-state index is 13.2. The first-order valence-corrected chi connectivity index (χ1v) is 10.4. The molecule has 0 amide bonds. The molecule has 0 radical (unpaired) electrons. The standard InChI is InChI=1S/C20H23ClN6O4/c1-24-17-16(18(30)25(20(24)31)8-2-10-28)26-12-15(13-4-6-14(21)7-5-13)23-27(9-3-11-29)19(26)22-17/h4-7,28-29H,2-3,8-12H2,1H3. The van der Waals surface area contributed by atoms with Crippen molar-refractivity contribution >= 4 is 34.4 Å². The van der Waals surface area contributed by atoms with E-state index in [0.29, 0.717) is 41.6 Å². The van der Waals surface area contributed by atoms with Gasteiger partial charge in [0.05, 0.1) is 12.3 Å². The summed E-state index contributed by atoms with van der Waals surface area (Å²) >= 11 is 6.01. The lowest BCUT2D eigenvalue weighted by molar-refractivity contribution is 0.277. The SMILES string of the molecule is Cn1c(=O)n(CCCO)c(=O)c2c1nc1n2CC(c2ccc(Cl)cc2)=NN1CCCO. The Balaban J connectivity index is 1.91. The molecule has 2 N–H and O–H groups in total. The first-order chi connectivity index (χ1) is 15.0. The van der Waals surface area contributed by atoms with Gasteiger partial charge in [-0.25, -0.2) is 9.80 Å². The van der Waals surface area contributed by atoms with E-state index >= 15 is 0 Å². The van der Waals surface area contributed by atoms with E-state index in [2.05, 4.69) is 4.98 Å². The molecule has 10 nitrogen and oxygen atoms in total. The number of hydrogen-bond acceptors (Lipinski definition) is 7. The smallest absolute Gasteiger partial charge is 0.332 e. The average molecular weight is 447 g/mol. The number of aryl methyl sites for hydroxylation is 1. The molecule has 2 aromatic heterocycles. The van der Waals surface area contributed by atoms with Crippen molar-refractivity contribution in [2.45, 2.75) is 25.9 Å². The molecule has 0 unspecified atom stereocenters. The molecule has 0 spiro atoms. The van der Waals surface area contributed by atoms with Crippen LogP contribution in [0.2, 0.25) is 5.02 Å². The van der Waals surface area contributed by atoms with Gasteiger partial charge >= 0.3 is 5.69 Å². The van der Waals surface area contributed by atoms with Crippen molar-refractivity contribution in [1.82, 2.24) is 18.7 Å². The van der Waals surface area contributed by atoms with Gasteiger partial charge in [0, 0.05) is 38.4 Å². The maximum absolute atomic E-state index is 13.2. The van der Waals surface area contributed by atoms with Gasteiger partial charge < -0.3 is 10.2 Å². The number of halogens is 1. The number of rotatable bonds is 7. The minimum atomic E-state index is -0.484. The largest absolute Gasteiger partial charge is 0.396 e. The van der Waals surface area contributed by atoms with E-state index in [1.54, 1.807) is 28.8 Å². The highest BCUT2D eigenvalue weighted by Gasteiger charge is 2.28. The van der Waals surface area contributed by atoms with Crippen LogP contribution in [0.5, 0.6) is 0 Å². The van der Waals surface area contributed by atoms with Crippen LogP contribution in [-0.4, -0.2) is 54.4 Å². The molecule has 0 saturated carbocycles. The molecule has 0 bridgehead atoms. The molecule has 0 atom stereocenters. The van der Waals surface area contributed by atoms with E-state index in [1.807, 2.05) is 12.1 Å². The Labute approximate surface area is 182 Å². The number of aliphatic hydroxyl groups is 2. The molecule has 11 heteroatoms. The van der Waals surface area contributed by atoms with Crippen molar-refractivity contribution in [3.8, 4) is 0 Å². The number of anilines is 1.